The summed E-state index contributed by atoms with van der Waals surface area (Å²) >= 11 is 0. The van der Waals surface area contributed by atoms with Crippen LogP contribution in [-0.4, -0.2) is 30.5 Å². The summed E-state index contributed by atoms with van der Waals surface area (Å²) in [6, 6.07) is 12.6. The highest BCUT2D eigenvalue weighted by molar-refractivity contribution is 5.93. The summed E-state index contributed by atoms with van der Waals surface area (Å²) in [6.45, 7) is 5.79. The van der Waals surface area contributed by atoms with E-state index in [1.54, 1.807) is 29.7 Å². The normalized spacial score (nSPS) is 10.9. The molecule has 0 atom stereocenters. The second-order valence-corrected chi connectivity index (χ2v) is 7.40. The zero-order valence-electron chi connectivity index (χ0n) is 18.5. The van der Waals surface area contributed by atoms with Crippen LogP contribution < -0.4 is 16.6 Å². The number of hydrogen-bond donors (Lipinski definition) is 2. The monoisotopic (exact) mass is 445 g/mol. The molecule has 2 aromatic heterocycles. The number of nitrogens with one attached hydrogen (secondary N) is 1. The summed E-state index contributed by atoms with van der Waals surface area (Å²) in [4.78, 5) is 41.6. The second kappa shape index (κ2) is 9.03. The number of carbonyl (C=O) groups excluding carboxylic acids is 1. The van der Waals surface area contributed by atoms with Gasteiger partial charge in [-0.25, -0.2) is 9.78 Å². The lowest BCUT2D eigenvalue weighted by Crippen LogP contribution is -2.23. The van der Waals surface area contributed by atoms with Crippen LogP contribution >= 0.6 is 0 Å². The Kier molecular flexibility index (Phi) is 5.99. The lowest BCUT2D eigenvalue weighted by Gasteiger charge is -2.11. The molecule has 4 aromatic rings. The molecule has 2 heterocycles. The minimum atomic E-state index is -0.571. The summed E-state index contributed by atoms with van der Waals surface area (Å²) in [5.41, 5.74) is 9.36. The van der Waals surface area contributed by atoms with Crippen LogP contribution in [-0.2, 0) is 17.9 Å². The van der Waals surface area contributed by atoms with Crippen LogP contribution in [0.5, 0.6) is 0 Å². The maximum absolute atomic E-state index is 12.6. The lowest BCUT2D eigenvalue weighted by atomic mass is 10.2. The van der Waals surface area contributed by atoms with Gasteiger partial charge in [-0.05, 0) is 50.6 Å². The number of hydrogen-bond acceptors (Lipinski definition) is 9. The SMILES string of the molecule is CCn1c(=O)c(C)nc2cc(C(=O)OCc3nc(N)nc(Nc4ccccc4C)n3)ccc21. The van der Waals surface area contributed by atoms with E-state index in [0.717, 1.165) is 11.3 Å². The van der Waals surface area contributed by atoms with Crippen LogP contribution in [0.2, 0.25) is 0 Å². The number of aryl methyl sites for hydroxylation is 3. The third kappa shape index (κ3) is 4.64. The second-order valence-electron chi connectivity index (χ2n) is 7.40. The van der Waals surface area contributed by atoms with E-state index >= 15 is 0 Å². The molecule has 0 amide bonds. The minimum Gasteiger partial charge on any atom is -0.454 e. The number of esters is 1. The molecule has 10 nitrogen and oxygen atoms in total. The van der Waals surface area contributed by atoms with Gasteiger partial charge < -0.3 is 20.4 Å². The van der Waals surface area contributed by atoms with Crippen molar-refractivity contribution in [2.45, 2.75) is 33.9 Å². The number of rotatable bonds is 6. The van der Waals surface area contributed by atoms with E-state index in [4.69, 9.17) is 10.5 Å². The number of carbonyl (C=O) groups is 1. The molecule has 0 aliphatic heterocycles. The van der Waals surface area contributed by atoms with Crippen molar-refractivity contribution in [3.63, 3.8) is 0 Å². The molecule has 0 radical (unpaired) electrons. The van der Waals surface area contributed by atoms with Gasteiger partial charge in [0.05, 0.1) is 16.6 Å². The summed E-state index contributed by atoms with van der Waals surface area (Å²) < 4.78 is 7.00. The molecule has 0 aliphatic rings. The largest absolute Gasteiger partial charge is 0.454 e. The molecular formula is C23H23N7O3. The summed E-state index contributed by atoms with van der Waals surface area (Å²) in [5, 5.41) is 3.09. The molecule has 2 aromatic carbocycles. The average molecular weight is 445 g/mol. The molecule has 0 fully saturated rings. The van der Waals surface area contributed by atoms with Gasteiger partial charge >= 0.3 is 5.97 Å². The van der Waals surface area contributed by atoms with Crippen LogP contribution in [0.1, 0.15) is 34.4 Å². The fourth-order valence-corrected chi connectivity index (χ4v) is 3.42. The Balaban J connectivity index is 1.52. The lowest BCUT2D eigenvalue weighted by molar-refractivity contribution is 0.0462. The van der Waals surface area contributed by atoms with E-state index in [0.29, 0.717) is 28.8 Å². The van der Waals surface area contributed by atoms with Crippen LogP contribution in [0.4, 0.5) is 17.6 Å². The number of benzene rings is 2. The van der Waals surface area contributed by atoms with Crippen LogP contribution in [0, 0.1) is 13.8 Å². The summed E-state index contributed by atoms with van der Waals surface area (Å²) in [6.07, 6.45) is 0. The van der Waals surface area contributed by atoms with Crippen molar-refractivity contribution < 1.29 is 9.53 Å². The van der Waals surface area contributed by atoms with Crippen molar-refractivity contribution in [1.29, 1.82) is 0 Å². The third-order valence-corrected chi connectivity index (χ3v) is 5.08. The molecule has 4 rings (SSSR count). The van der Waals surface area contributed by atoms with Crippen LogP contribution in [0.3, 0.4) is 0 Å². The smallest absolute Gasteiger partial charge is 0.338 e. The highest BCUT2D eigenvalue weighted by Gasteiger charge is 2.14. The van der Waals surface area contributed by atoms with Crippen molar-refractivity contribution in [3.05, 3.63) is 75.5 Å². The van der Waals surface area contributed by atoms with Crippen molar-refractivity contribution in [3.8, 4) is 0 Å². The van der Waals surface area contributed by atoms with Gasteiger partial charge in [0.2, 0.25) is 11.9 Å². The van der Waals surface area contributed by atoms with Gasteiger partial charge in [-0.15, -0.1) is 0 Å². The predicted molar refractivity (Wildman–Crippen MR) is 124 cm³/mol. The molecule has 0 bridgehead atoms. The number of para-hydroxylation sites is 1. The number of nitrogens with two attached hydrogens (primary N) is 1. The zero-order chi connectivity index (χ0) is 23.5. The van der Waals surface area contributed by atoms with E-state index in [9.17, 15) is 9.59 Å². The Morgan fingerprint density at radius 2 is 1.88 bits per heavy atom. The first-order valence-corrected chi connectivity index (χ1v) is 10.4. The van der Waals surface area contributed by atoms with Crippen molar-refractivity contribution in [2.75, 3.05) is 11.1 Å². The molecule has 3 N–H and O–H groups in total. The third-order valence-electron chi connectivity index (χ3n) is 5.08. The Morgan fingerprint density at radius 3 is 2.64 bits per heavy atom. The van der Waals surface area contributed by atoms with E-state index in [-0.39, 0.29) is 29.9 Å². The number of fused-ring (bicyclic) bond motifs is 1. The standard InChI is InChI=1S/C23H23N7O3/c1-4-30-18-10-9-15(11-17(18)25-14(3)20(30)31)21(32)33-12-19-27-22(24)29-23(28-19)26-16-8-6-5-7-13(16)2/h5-11H,4,12H2,1-3H3,(H3,24,26,27,28,29). The fraction of sp³-hybridized carbons (Fsp3) is 0.217. The van der Waals surface area contributed by atoms with Crippen molar-refractivity contribution >= 4 is 34.6 Å². The zero-order valence-corrected chi connectivity index (χ0v) is 18.5. The first-order valence-electron chi connectivity index (χ1n) is 10.4. The van der Waals surface area contributed by atoms with E-state index < -0.39 is 5.97 Å². The Labute approximate surface area is 189 Å². The van der Waals surface area contributed by atoms with Gasteiger partial charge in [0.1, 0.15) is 5.69 Å². The molecule has 33 heavy (non-hydrogen) atoms. The van der Waals surface area contributed by atoms with Crippen LogP contribution in [0.25, 0.3) is 11.0 Å². The molecule has 10 heteroatoms. The number of aromatic nitrogens is 5. The van der Waals surface area contributed by atoms with E-state index in [1.165, 1.54) is 0 Å². The first-order chi connectivity index (χ1) is 15.9. The quantitative estimate of drug-likeness (QED) is 0.429. The van der Waals surface area contributed by atoms with Gasteiger partial charge in [-0.2, -0.15) is 15.0 Å². The fourth-order valence-electron chi connectivity index (χ4n) is 3.42. The van der Waals surface area contributed by atoms with Gasteiger partial charge in [-0.1, -0.05) is 18.2 Å². The van der Waals surface area contributed by atoms with E-state index in [2.05, 4.69) is 25.3 Å². The maximum Gasteiger partial charge on any atom is 0.338 e. The van der Waals surface area contributed by atoms with Crippen molar-refractivity contribution in [2.24, 2.45) is 0 Å². The maximum atomic E-state index is 12.6. The van der Waals surface area contributed by atoms with E-state index in [1.807, 2.05) is 38.1 Å². The molecular weight excluding hydrogens is 422 g/mol. The highest BCUT2D eigenvalue weighted by Crippen LogP contribution is 2.18. The summed E-state index contributed by atoms with van der Waals surface area (Å²) in [5.74, 6) is -0.0969. The average Bonchev–Trinajstić information content (AvgIpc) is 2.79. The molecule has 0 aliphatic carbocycles. The molecule has 0 unspecified atom stereocenters. The minimum absolute atomic E-state index is 0.00931. The predicted octanol–water partition coefficient (Wildman–Crippen LogP) is 2.90. The number of ether oxygens (including phenoxy) is 1. The Hall–Kier alpha value is -4.34. The highest BCUT2D eigenvalue weighted by atomic mass is 16.5. The Bertz CT molecular complexity index is 1420. The first kappa shape index (κ1) is 21.9. The molecule has 0 spiro atoms. The molecule has 168 valence electrons. The topological polar surface area (TPSA) is 138 Å². The molecule has 0 saturated carbocycles. The van der Waals surface area contributed by atoms with Crippen molar-refractivity contribution in [1.82, 2.24) is 24.5 Å². The van der Waals surface area contributed by atoms with Crippen LogP contribution in [0.15, 0.2) is 47.3 Å². The number of nitrogen functional groups attached to an aromatic ring is 1. The van der Waals surface area contributed by atoms with Gasteiger partial charge in [-0.3, -0.25) is 4.79 Å². The van der Waals surface area contributed by atoms with Gasteiger partial charge in [0.15, 0.2) is 12.4 Å². The van der Waals surface area contributed by atoms with Gasteiger partial charge in [0.25, 0.3) is 5.56 Å². The Morgan fingerprint density at radius 1 is 1.09 bits per heavy atom. The molecule has 0 saturated heterocycles. The van der Waals surface area contributed by atoms with Gasteiger partial charge in [0, 0.05) is 12.2 Å². The number of nitrogens with zero attached hydrogens (tertiary/aromatic N) is 5. The number of anilines is 3. The summed E-state index contributed by atoms with van der Waals surface area (Å²) in [7, 11) is 0.